The van der Waals surface area contributed by atoms with Gasteiger partial charge in [-0.25, -0.2) is 4.79 Å². The van der Waals surface area contributed by atoms with Gasteiger partial charge >= 0.3 is 12.2 Å². The first-order valence-electron chi connectivity index (χ1n) is 6.77. The van der Waals surface area contributed by atoms with Crippen molar-refractivity contribution in [1.82, 2.24) is 10.6 Å². The summed E-state index contributed by atoms with van der Waals surface area (Å²) >= 11 is 0. The molecule has 0 aromatic heterocycles. The normalized spacial score (nSPS) is 12.6. The maximum Gasteiger partial charge on any atom is 0.416 e. The number of rotatable bonds is 5. The van der Waals surface area contributed by atoms with Crippen LogP contribution in [0.15, 0.2) is 24.3 Å². The minimum atomic E-state index is -4.36. The third-order valence-corrected chi connectivity index (χ3v) is 2.84. The smallest absolute Gasteiger partial charge is 0.338 e. The van der Waals surface area contributed by atoms with E-state index in [0.717, 1.165) is 17.0 Å². The van der Waals surface area contributed by atoms with Gasteiger partial charge in [0.1, 0.15) is 6.54 Å². The van der Waals surface area contributed by atoms with E-state index in [1.54, 1.807) is 14.0 Å². The van der Waals surface area contributed by atoms with Gasteiger partial charge < -0.3 is 10.2 Å². The summed E-state index contributed by atoms with van der Waals surface area (Å²) in [7, 11) is 1.72. The topological polar surface area (TPSA) is 62.6 Å². The quantitative estimate of drug-likeness (QED) is 0.743. The Bertz CT molecular complexity index is 515. The van der Waals surface area contributed by atoms with Crippen LogP contribution in [0.2, 0.25) is 0 Å². The van der Waals surface area contributed by atoms with Gasteiger partial charge in [-0.2, -0.15) is 13.2 Å². The van der Waals surface area contributed by atoms with E-state index in [1.807, 2.05) is 0 Å². The van der Waals surface area contributed by atoms with Crippen LogP contribution in [0.5, 0.6) is 0 Å². The number of imide groups is 1. The highest BCUT2D eigenvalue weighted by molar-refractivity contribution is 5.94. The van der Waals surface area contributed by atoms with Crippen LogP contribution in [0.25, 0.3) is 0 Å². The molecule has 1 atom stereocenters. The molecule has 8 heteroatoms. The molecular weight excluding hydrogens is 299 g/mol. The van der Waals surface area contributed by atoms with Crippen LogP contribution in [0.1, 0.15) is 18.1 Å². The summed E-state index contributed by atoms with van der Waals surface area (Å²) in [6.45, 7) is 2.55. The van der Waals surface area contributed by atoms with Crippen molar-refractivity contribution in [3.05, 3.63) is 35.4 Å². The lowest BCUT2D eigenvalue weighted by Crippen LogP contribution is -3.09. The second-order valence-electron chi connectivity index (χ2n) is 4.91. The number of benzene rings is 1. The zero-order chi connectivity index (χ0) is 16.8. The number of urea groups is 1. The van der Waals surface area contributed by atoms with Crippen LogP contribution in [0.4, 0.5) is 18.0 Å². The fraction of sp³-hybridized carbons (Fsp3) is 0.429. The Morgan fingerprint density at radius 1 is 1.18 bits per heavy atom. The molecule has 0 aliphatic rings. The zero-order valence-corrected chi connectivity index (χ0v) is 12.4. The fourth-order valence-electron chi connectivity index (χ4n) is 1.87. The molecule has 1 aromatic rings. The van der Waals surface area contributed by atoms with Gasteiger partial charge in [0.25, 0.3) is 5.91 Å². The van der Waals surface area contributed by atoms with E-state index in [9.17, 15) is 22.8 Å². The molecule has 122 valence electrons. The molecule has 3 amide bonds. The molecule has 1 unspecified atom stereocenters. The molecule has 0 saturated heterocycles. The van der Waals surface area contributed by atoms with E-state index in [-0.39, 0.29) is 6.54 Å². The largest absolute Gasteiger partial charge is 0.416 e. The molecule has 1 rings (SSSR count). The Morgan fingerprint density at radius 2 is 1.77 bits per heavy atom. The monoisotopic (exact) mass is 318 g/mol. The number of amides is 3. The van der Waals surface area contributed by atoms with Crippen LogP contribution >= 0.6 is 0 Å². The Morgan fingerprint density at radius 3 is 2.27 bits per heavy atom. The molecule has 0 radical (unpaired) electrons. The van der Waals surface area contributed by atoms with E-state index in [2.05, 4.69) is 10.6 Å². The van der Waals surface area contributed by atoms with E-state index >= 15 is 0 Å². The molecule has 0 bridgehead atoms. The van der Waals surface area contributed by atoms with Crippen molar-refractivity contribution in [3.63, 3.8) is 0 Å². The third kappa shape index (κ3) is 6.13. The summed E-state index contributed by atoms with van der Waals surface area (Å²) in [5.41, 5.74) is -0.0285. The Hall–Kier alpha value is -2.09. The second-order valence-corrected chi connectivity index (χ2v) is 4.91. The zero-order valence-electron chi connectivity index (χ0n) is 12.4. The lowest BCUT2D eigenvalue weighted by Gasteiger charge is -2.14. The van der Waals surface area contributed by atoms with Gasteiger partial charge in [0.2, 0.25) is 0 Å². The first kappa shape index (κ1) is 18.0. The summed E-state index contributed by atoms with van der Waals surface area (Å²) in [6, 6.07) is 4.23. The van der Waals surface area contributed by atoms with Gasteiger partial charge in [-0.1, -0.05) is 12.1 Å². The average Bonchev–Trinajstić information content (AvgIpc) is 2.37. The van der Waals surface area contributed by atoms with Crippen LogP contribution in [0.3, 0.4) is 0 Å². The highest BCUT2D eigenvalue weighted by Crippen LogP contribution is 2.28. The summed E-state index contributed by atoms with van der Waals surface area (Å²) in [4.78, 5) is 23.5. The second kappa shape index (κ2) is 7.79. The van der Waals surface area contributed by atoms with Crippen LogP contribution in [-0.2, 0) is 17.5 Å². The molecular formula is C14H19F3N3O2+. The number of hydrogen-bond acceptors (Lipinski definition) is 2. The number of carbonyl (C=O) groups is 2. The molecule has 1 aromatic carbocycles. The van der Waals surface area contributed by atoms with Crippen molar-refractivity contribution >= 4 is 11.9 Å². The van der Waals surface area contributed by atoms with E-state index in [1.165, 1.54) is 12.1 Å². The molecule has 0 aliphatic heterocycles. The van der Waals surface area contributed by atoms with Gasteiger partial charge in [0.15, 0.2) is 6.54 Å². The summed E-state index contributed by atoms with van der Waals surface area (Å²) < 4.78 is 37.3. The predicted octanol–water partition coefficient (Wildman–Crippen LogP) is 0.566. The van der Waals surface area contributed by atoms with Crippen molar-refractivity contribution in [3.8, 4) is 0 Å². The van der Waals surface area contributed by atoms with Crippen molar-refractivity contribution < 1.29 is 27.7 Å². The van der Waals surface area contributed by atoms with Crippen LogP contribution in [-0.4, -0.2) is 32.1 Å². The summed E-state index contributed by atoms with van der Waals surface area (Å²) in [5, 5.41) is 4.60. The molecule has 0 spiro atoms. The molecule has 0 fully saturated rings. The van der Waals surface area contributed by atoms with Gasteiger partial charge in [0, 0.05) is 12.1 Å². The number of alkyl halides is 3. The first-order valence-corrected chi connectivity index (χ1v) is 6.77. The maximum absolute atomic E-state index is 12.4. The van der Waals surface area contributed by atoms with E-state index < -0.39 is 23.7 Å². The number of hydrogen-bond donors (Lipinski definition) is 3. The molecule has 0 heterocycles. The summed E-state index contributed by atoms with van der Waals surface area (Å²) in [5.74, 6) is -0.449. The molecule has 0 aliphatic carbocycles. The average molecular weight is 318 g/mol. The minimum Gasteiger partial charge on any atom is -0.338 e. The fourth-order valence-corrected chi connectivity index (χ4v) is 1.87. The van der Waals surface area contributed by atoms with Crippen LogP contribution < -0.4 is 15.5 Å². The minimum absolute atomic E-state index is 0.0398. The standard InChI is InChI=1S/C14H18F3N3O2/c1-3-18-13(22)19-12(21)9-20(2)8-10-4-6-11(7-5-10)14(15,16)17/h4-7H,3,8-9H2,1-2H3,(H2,18,19,21,22)/p+1. The van der Waals surface area contributed by atoms with Gasteiger partial charge in [-0.3, -0.25) is 10.1 Å². The highest BCUT2D eigenvalue weighted by Gasteiger charge is 2.30. The van der Waals surface area contributed by atoms with Crippen molar-refractivity contribution in [1.29, 1.82) is 0 Å². The van der Waals surface area contributed by atoms with Crippen molar-refractivity contribution in [2.24, 2.45) is 0 Å². The Kier molecular flexibility index (Phi) is 6.36. The van der Waals surface area contributed by atoms with E-state index in [4.69, 9.17) is 0 Å². The number of carbonyl (C=O) groups excluding carboxylic acids is 2. The van der Waals surface area contributed by atoms with E-state index in [0.29, 0.717) is 18.7 Å². The number of quaternary nitrogens is 1. The van der Waals surface area contributed by atoms with Gasteiger partial charge in [0.05, 0.1) is 12.6 Å². The van der Waals surface area contributed by atoms with Crippen LogP contribution in [0, 0.1) is 0 Å². The highest BCUT2D eigenvalue weighted by atomic mass is 19.4. The predicted molar refractivity (Wildman–Crippen MR) is 74.1 cm³/mol. The first-order chi connectivity index (χ1) is 10.2. The summed E-state index contributed by atoms with van der Waals surface area (Å²) in [6.07, 6.45) is -4.36. The number of halogens is 3. The lowest BCUT2D eigenvalue weighted by molar-refractivity contribution is -0.885. The van der Waals surface area contributed by atoms with Crippen molar-refractivity contribution in [2.75, 3.05) is 20.1 Å². The number of likely N-dealkylation sites (N-methyl/N-ethyl adjacent to an activating group) is 1. The maximum atomic E-state index is 12.4. The molecule has 22 heavy (non-hydrogen) atoms. The molecule has 3 N–H and O–H groups in total. The Labute approximate surface area is 126 Å². The van der Waals surface area contributed by atoms with Crippen molar-refractivity contribution in [2.45, 2.75) is 19.6 Å². The molecule has 5 nitrogen and oxygen atoms in total. The third-order valence-electron chi connectivity index (χ3n) is 2.84. The number of nitrogens with one attached hydrogen (secondary N) is 3. The van der Waals surface area contributed by atoms with Gasteiger partial charge in [-0.05, 0) is 19.1 Å². The lowest BCUT2D eigenvalue weighted by atomic mass is 10.1. The van der Waals surface area contributed by atoms with Gasteiger partial charge in [-0.15, -0.1) is 0 Å². The molecule has 0 saturated carbocycles. The Balaban J connectivity index is 2.49. The SMILES string of the molecule is CCNC(=O)NC(=O)C[NH+](C)Cc1ccc(C(F)(F)F)cc1.